The number of carbonyl (C=O) groups is 1. The van der Waals surface area contributed by atoms with Gasteiger partial charge >= 0.3 is 0 Å². The smallest absolute Gasteiger partial charge is 0.256 e. The normalized spacial score (nSPS) is 11.4. The van der Waals surface area contributed by atoms with E-state index in [1.165, 1.54) is 4.90 Å². The predicted molar refractivity (Wildman–Crippen MR) is 71.8 cm³/mol. The highest BCUT2D eigenvalue weighted by molar-refractivity contribution is 9.10. The van der Waals surface area contributed by atoms with Gasteiger partial charge in [0, 0.05) is 17.2 Å². The van der Waals surface area contributed by atoms with Gasteiger partial charge in [0.2, 0.25) is 0 Å². The van der Waals surface area contributed by atoms with Crippen molar-refractivity contribution in [2.45, 2.75) is 19.4 Å². The number of nitrogens with two attached hydrogens (primary N) is 1. The van der Waals surface area contributed by atoms with E-state index in [-0.39, 0.29) is 12.5 Å². The predicted octanol–water partition coefficient (Wildman–Crippen LogP) is 1.87. The highest BCUT2D eigenvalue weighted by Gasteiger charge is 2.28. The van der Waals surface area contributed by atoms with Crippen LogP contribution in [0.4, 0.5) is 5.69 Å². The first-order chi connectivity index (χ1) is 7.79. The van der Waals surface area contributed by atoms with Crippen molar-refractivity contribution < 1.29 is 9.90 Å². The first kappa shape index (κ1) is 14.0. The topological polar surface area (TPSA) is 66.6 Å². The van der Waals surface area contributed by atoms with Crippen molar-refractivity contribution in [3.8, 4) is 0 Å². The minimum Gasteiger partial charge on any atom is -0.398 e. The van der Waals surface area contributed by atoms with Crippen molar-refractivity contribution in [2.24, 2.45) is 0 Å². The fourth-order valence-corrected chi connectivity index (χ4v) is 1.67. The Morgan fingerprint density at radius 3 is 2.59 bits per heavy atom. The molecule has 0 aliphatic rings. The van der Waals surface area contributed by atoms with Crippen molar-refractivity contribution >= 4 is 27.5 Å². The van der Waals surface area contributed by atoms with E-state index < -0.39 is 5.54 Å². The molecule has 0 heterocycles. The van der Waals surface area contributed by atoms with Gasteiger partial charge in [-0.2, -0.15) is 0 Å². The largest absolute Gasteiger partial charge is 0.398 e. The Kier molecular flexibility index (Phi) is 4.16. The minimum atomic E-state index is -0.614. The molecule has 0 aromatic heterocycles. The molecule has 0 unspecified atom stereocenters. The Labute approximate surface area is 110 Å². The summed E-state index contributed by atoms with van der Waals surface area (Å²) in [5.41, 5.74) is 6.05. The molecular formula is C12H17BrN2O2. The Balaban J connectivity index is 3.05. The summed E-state index contributed by atoms with van der Waals surface area (Å²) >= 11 is 3.29. The van der Waals surface area contributed by atoms with Crippen LogP contribution < -0.4 is 5.73 Å². The number of aliphatic hydroxyl groups excluding tert-OH is 1. The summed E-state index contributed by atoms with van der Waals surface area (Å²) in [5.74, 6) is -0.200. The number of halogens is 1. The number of carbonyl (C=O) groups excluding carboxylic acids is 1. The lowest BCUT2D eigenvalue weighted by Crippen LogP contribution is -2.47. The SMILES string of the molecule is CN(C(=O)c1ccc(Br)cc1N)C(C)(C)CO. The first-order valence-corrected chi connectivity index (χ1v) is 6.03. The van der Waals surface area contributed by atoms with Crippen LogP contribution in [0.2, 0.25) is 0 Å². The standard InChI is InChI=1S/C12H17BrN2O2/c1-12(2,7-16)15(3)11(17)9-5-4-8(13)6-10(9)14/h4-6,16H,7,14H2,1-3H3. The number of aliphatic hydroxyl groups is 1. The summed E-state index contributed by atoms with van der Waals surface area (Å²) in [6, 6.07) is 5.13. The van der Waals surface area contributed by atoms with E-state index in [1.807, 2.05) is 0 Å². The highest BCUT2D eigenvalue weighted by Crippen LogP contribution is 2.22. The molecule has 0 radical (unpaired) electrons. The zero-order valence-corrected chi connectivity index (χ0v) is 11.8. The van der Waals surface area contributed by atoms with Crippen LogP contribution in [0.25, 0.3) is 0 Å². The summed E-state index contributed by atoms with van der Waals surface area (Å²) < 4.78 is 0.829. The Bertz CT molecular complexity index is 433. The maximum atomic E-state index is 12.2. The molecule has 4 nitrogen and oxygen atoms in total. The molecule has 3 N–H and O–H groups in total. The molecule has 0 aliphatic carbocycles. The summed E-state index contributed by atoms with van der Waals surface area (Å²) in [6.07, 6.45) is 0. The van der Waals surface area contributed by atoms with E-state index >= 15 is 0 Å². The third-order valence-electron chi connectivity index (χ3n) is 2.84. The van der Waals surface area contributed by atoms with Crippen LogP contribution in [0, 0.1) is 0 Å². The van der Waals surface area contributed by atoms with Gasteiger partial charge in [0.15, 0.2) is 0 Å². The molecule has 17 heavy (non-hydrogen) atoms. The molecule has 0 saturated heterocycles. The zero-order chi connectivity index (χ0) is 13.2. The van der Waals surface area contributed by atoms with Gasteiger partial charge in [0.05, 0.1) is 17.7 Å². The van der Waals surface area contributed by atoms with E-state index in [0.29, 0.717) is 11.3 Å². The Morgan fingerprint density at radius 2 is 2.12 bits per heavy atom. The van der Waals surface area contributed by atoms with Crippen molar-refractivity contribution in [3.63, 3.8) is 0 Å². The van der Waals surface area contributed by atoms with Crippen molar-refractivity contribution in [2.75, 3.05) is 19.4 Å². The maximum absolute atomic E-state index is 12.2. The average molecular weight is 301 g/mol. The number of hydrogen-bond acceptors (Lipinski definition) is 3. The van der Waals surface area contributed by atoms with Gasteiger partial charge < -0.3 is 15.7 Å². The zero-order valence-electron chi connectivity index (χ0n) is 10.2. The third kappa shape index (κ3) is 2.98. The second-order valence-corrected chi connectivity index (χ2v) is 5.48. The molecule has 1 rings (SSSR count). The lowest BCUT2D eigenvalue weighted by molar-refractivity contribution is 0.0474. The molecule has 5 heteroatoms. The number of nitrogens with zero attached hydrogens (tertiary/aromatic N) is 1. The van der Waals surface area contributed by atoms with E-state index in [1.54, 1.807) is 39.1 Å². The molecule has 0 spiro atoms. The number of hydrogen-bond donors (Lipinski definition) is 2. The quantitative estimate of drug-likeness (QED) is 0.838. The molecule has 1 amide bonds. The summed E-state index contributed by atoms with van der Waals surface area (Å²) in [5, 5.41) is 9.24. The molecule has 0 bridgehead atoms. The fourth-order valence-electron chi connectivity index (χ4n) is 1.29. The highest BCUT2D eigenvalue weighted by atomic mass is 79.9. The Morgan fingerprint density at radius 1 is 1.53 bits per heavy atom. The molecule has 0 saturated carbocycles. The number of anilines is 1. The summed E-state index contributed by atoms with van der Waals surface area (Å²) in [6.45, 7) is 3.48. The second-order valence-electron chi connectivity index (χ2n) is 4.57. The molecule has 1 aromatic rings. The third-order valence-corrected chi connectivity index (χ3v) is 3.34. The van der Waals surface area contributed by atoms with Crippen LogP contribution in [0.3, 0.4) is 0 Å². The number of benzene rings is 1. The van der Waals surface area contributed by atoms with E-state index in [9.17, 15) is 9.90 Å². The van der Waals surface area contributed by atoms with Gasteiger partial charge in [-0.1, -0.05) is 15.9 Å². The van der Waals surface area contributed by atoms with E-state index in [0.717, 1.165) is 4.47 Å². The lowest BCUT2D eigenvalue weighted by Gasteiger charge is -2.34. The monoisotopic (exact) mass is 300 g/mol. The van der Waals surface area contributed by atoms with Gasteiger partial charge in [-0.05, 0) is 32.0 Å². The molecule has 94 valence electrons. The number of nitrogen functional groups attached to an aromatic ring is 1. The van der Waals surface area contributed by atoms with Gasteiger partial charge in [-0.25, -0.2) is 0 Å². The molecule has 0 aliphatic heterocycles. The summed E-state index contributed by atoms with van der Waals surface area (Å²) in [4.78, 5) is 13.7. The number of amides is 1. The average Bonchev–Trinajstić information content (AvgIpc) is 2.27. The molecule has 0 fully saturated rings. The van der Waals surface area contributed by atoms with Gasteiger partial charge in [0.25, 0.3) is 5.91 Å². The van der Waals surface area contributed by atoms with Crippen molar-refractivity contribution in [1.82, 2.24) is 4.90 Å². The van der Waals surface area contributed by atoms with Crippen molar-refractivity contribution in [3.05, 3.63) is 28.2 Å². The second kappa shape index (κ2) is 5.06. The maximum Gasteiger partial charge on any atom is 0.256 e. The van der Waals surface area contributed by atoms with Gasteiger partial charge in [-0.3, -0.25) is 4.79 Å². The van der Waals surface area contributed by atoms with Crippen LogP contribution >= 0.6 is 15.9 Å². The minimum absolute atomic E-state index is 0.105. The van der Waals surface area contributed by atoms with E-state index in [4.69, 9.17) is 5.73 Å². The van der Waals surface area contributed by atoms with Crippen LogP contribution in [0.5, 0.6) is 0 Å². The van der Waals surface area contributed by atoms with Gasteiger partial charge in [0.1, 0.15) is 0 Å². The van der Waals surface area contributed by atoms with Crippen LogP contribution in [-0.4, -0.2) is 35.1 Å². The molecular weight excluding hydrogens is 284 g/mol. The number of likely N-dealkylation sites (N-methyl/N-ethyl adjacent to an activating group) is 1. The van der Waals surface area contributed by atoms with E-state index in [2.05, 4.69) is 15.9 Å². The van der Waals surface area contributed by atoms with Gasteiger partial charge in [-0.15, -0.1) is 0 Å². The summed E-state index contributed by atoms with van der Waals surface area (Å²) in [7, 11) is 1.65. The lowest BCUT2D eigenvalue weighted by atomic mass is 10.0. The number of rotatable bonds is 3. The Hall–Kier alpha value is -1.07. The fraction of sp³-hybridized carbons (Fsp3) is 0.417. The first-order valence-electron chi connectivity index (χ1n) is 5.23. The van der Waals surface area contributed by atoms with Crippen LogP contribution in [0.1, 0.15) is 24.2 Å². The molecule has 0 atom stereocenters. The molecule has 1 aromatic carbocycles. The van der Waals surface area contributed by atoms with Crippen LogP contribution in [-0.2, 0) is 0 Å². The van der Waals surface area contributed by atoms with Crippen molar-refractivity contribution in [1.29, 1.82) is 0 Å². The van der Waals surface area contributed by atoms with Crippen LogP contribution in [0.15, 0.2) is 22.7 Å².